The molecule has 5 heteroatoms. The van der Waals surface area contributed by atoms with E-state index < -0.39 is 0 Å². The van der Waals surface area contributed by atoms with Crippen molar-refractivity contribution in [3.63, 3.8) is 0 Å². The number of halogens is 3. The minimum absolute atomic E-state index is 0.0965. The maximum Gasteiger partial charge on any atom is 0.137 e. The molecule has 0 bridgehead atoms. The lowest BCUT2D eigenvalue weighted by Gasteiger charge is -2.27. The maximum atomic E-state index is 13.8. The number of fused-ring (bicyclic) bond motifs is 1. The molecule has 0 saturated heterocycles. The first-order valence-corrected chi connectivity index (χ1v) is 8.02. The molecule has 1 aliphatic heterocycles. The van der Waals surface area contributed by atoms with E-state index in [9.17, 15) is 4.39 Å². The summed E-state index contributed by atoms with van der Waals surface area (Å²) in [5.74, 6) is 0.751. The number of thioether (sulfide) groups is 1. The summed E-state index contributed by atoms with van der Waals surface area (Å²) in [6, 6.07) is 10.8. The van der Waals surface area contributed by atoms with E-state index in [1.165, 1.54) is 6.07 Å². The largest absolute Gasteiger partial charge is 0.378 e. The first-order chi connectivity index (χ1) is 9.65. The van der Waals surface area contributed by atoms with Crippen LogP contribution < -0.4 is 5.32 Å². The lowest BCUT2D eigenvalue weighted by atomic mass is 10.0. The SMILES string of the molecule is Fc1cccc2c1SCCC2Nc1ccc(Cl)c(Cl)c1. The second-order valence-corrected chi connectivity index (χ2v) is 6.54. The highest BCUT2D eigenvalue weighted by Crippen LogP contribution is 2.39. The predicted octanol–water partition coefficient (Wildman–Crippen LogP) is 5.78. The van der Waals surface area contributed by atoms with Gasteiger partial charge in [0.2, 0.25) is 0 Å². The molecule has 0 radical (unpaired) electrons. The fourth-order valence-electron chi connectivity index (χ4n) is 2.32. The molecule has 1 N–H and O–H groups in total. The lowest BCUT2D eigenvalue weighted by molar-refractivity contribution is 0.585. The zero-order valence-electron chi connectivity index (χ0n) is 10.5. The van der Waals surface area contributed by atoms with Crippen LogP contribution in [0.15, 0.2) is 41.3 Å². The molecule has 1 heterocycles. The molecule has 0 aliphatic carbocycles. The van der Waals surface area contributed by atoms with Crippen molar-refractivity contribution in [2.24, 2.45) is 0 Å². The number of nitrogens with one attached hydrogen (secondary N) is 1. The van der Waals surface area contributed by atoms with E-state index in [1.807, 2.05) is 12.1 Å². The normalized spacial score (nSPS) is 17.6. The van der Waals surface area contributed by atoms with Crippen LogP contribution in [0.4, 0.5) is 10.1 Å². The van der Waals surface area contributed by atoms with E-state index in [2.05, 4.69) is 5.32 Å². The van der Waals surface area contributed by atoms with Gasteiger partial charge in [-0.1, -0.05) is 35.3 Å². The summed E-state index contributed by atoms with van der Waals surface area (Å²) in [7, 11) is 0. The van der Waals surface area contributed by atoms with Crippen molar-refractivity contribution in [3.05, 3.63) is 57.8 Å². The molecule has 20 heavy (non-hydrogen) atoms. The minimum atomic E-state index is -0.145. The molecule has 1 aliphatic rings. The summed E-state index contributed by atoms with van der Waals surface area (Å²) in [4.78, 5) is 0.747. The second kappa shape index (κ2) is 5.84. The van der Waals surface area contributed by atoms with Gasteiger partial charge in [0, 0.05) is 16.3 Å². The van der Waals surface area contributed by atoms with Gasteiger partial charge in [-0.15, -0.1) is 11.8 Å². The zero-order valence-corrected chi connectivity index (χ0v) is 12.8. The van der Waals surface area contributed by atoms with Gasteiger partial charge in [0.05, 0.1) is 16.1 Å². The minimum Gasteiger partial charge on any atom is -0.378 e. The molecule has 0 amide bonds. The fourth-order valence-corrected chi connectivity index (χ4v) is 3.76. The van der Waals surface area contributed by atoms with Crippen molar-refractivity contribution in [2.75, 3.05) is 11.1 Å². The number of rotatable bonds is 2. The number of hydrogen-bond acceptors (Lipinski definition) is 2. The first-order valence-electron chi connectivity index (χ1n) is 6.28. The van der Waals surface area contributed by atoms with E-state index in [0.717, 1.165) is 28.3 Å². The van der Waals surface area contributed by atoms with Gasteiger partial charge in [-0.3, -0.25) is 0 Å². The van der Waals surface area contributed by atoms with Gasteiger partial charge in [-0.2, -0.15) is 0 Å². The highest BCUT2D eigenvalue weighted by atomic mass is 35.5. The van der Waals surface area contributed by atoms with Crippen molar-refractivity contribution in [3.8, 4) is 0 Å². The average molecular weight is 328 g/mol. The molecule has 3 rings (SSSR count). The molecule has 1 atom stereocenters. The molecule has 1 unspecified atom stereocenters. The third-order valence-electron chi connectivity index (χ3n) is 3.29. The highest BCUT2D eigenvalue weighted by Gasteiger charge is 2.23. The molecule has 0 spiro atoms. The third kappa shape index (κ3) is 2.76. The van der Waals surface area contributed by atoms with Gasteiger partial charge >= 0.3 is 0 Å². The number of anilines is 1. The van der Waals surface area contributed by atoms with Crippen LogP contribution in [0.2, 0.25) is 10.0 Å². The molecule has 2 aromatic carbocycles. The van der Waals surface area contributed by atoms with Crippen molar-refractivity contribution < 1.29 is 4.39 Å². The predicted molar refractivity (Wildman–Crippen MR) is 84.6 cm³/mol. The number of hydrogen-bond donors (Lipinski definition) is 1. The summed E-state index contributed by atoms with van der Waals surface area (Å²) in [6.07, 6.45) is 0.946. The van der Waals surface area contributed by atoms with Crippen molar-refractivity contribution in [1.29, 1.82) is 0 Å². The summed E-state index contributed by atoms with van der Waals surface area (Å²) in [6.45, 7) is 0. The highest BCUT2D eigenvalue weighted by molar-refractivity contribution is 7.99. The van der Waals surface area contributed by atoms with Crippen LogP contribution in [-0.2, 0) is 0 Å². The summed E-state index contributed by atoms with van der Waals surface area (Å²) in [5.41, 5.74) is 1.90. The van der Waals surface area contributed by atoms with E-state index in [0.29, 0.717) is 10.0 Å². The lowest BCUT2D eigenvalue weighted by Crippen LogP contribution is -2.16. The van der Waals surface area contributed by atoms with Gasteiger partial charge < -0.3 is 5.32 Å². The molecular formula is C15H12Cl2FNS. The number of benzene rings is 2. The summed E-state index contributed by atoms with van der Waals surface area (Å²) < 4.78 is 13.8. The van der Waals surface area contributed by atoms with Crippen molar-refractivity contribution >= 4 is 40.7 Å². The first kappa shape index (κ1) is 14.1. The molecule has 2 aromatic rings. The Morgan fingerprint density at radius 1 is 1.15 bits per heavy atom. The van der Waals surface area contributed by atoms with E-state index in [1.54, 1.807) is 30.0 Å². The van der Waals surface area contributed by atoms with Crippen LogP contribution in [0, 0.1) is 5.82 Å². The van der Waals surface area contributed by atoms with Gasteiger partial charge in [0.1, 0.15) is 5.82 Å². The summed E-state index contributed by atoms with van der Waals surface area (Å²) in [5, 5.41) is 4.45. The molecule has 0 aromatic heterocycles. The quantitative estimate of drug-likeness (QED) is 0.750. The Labute approximate surface area is 131 Å². The van der Waals surface area contributed by atoms with Crippen molar-refractivity contribution in [2.45, 2.75) is 17.4 Å². The summed E-state index contributed by atoms with van der Waals surface area (Å²) >= 11 is 13.5. The average Bonchev–Trinajstić information content (AvgIpc) is 2.44. The van der Waals surface area contributed by atoms with Gasteiger partial charge in [-0.05, 0) is 36.2 Å². The van der Waals surface area contributed by atoms with E-state index in [4.69, 9.17) is 23.2 Å². The van der Waals surface area contributed by atoms with E-state index in [-0.39, 0.29) is 11.9 Å². The van der Waals surface area contributed by atoms with Crippen LogP contribution in [0.1, 0.15) is 18.0 Å². The Kier molecular flexibility index (Phi) is 4.11. The molecule has 0 saturated carbocycles. The van der Waals surface area contributed by atoms with Crippen LogP contribution in [0.25, 0.3) is 0 Å². The Hall–Kier alpha value is -0.900. The Bertz CT molecular complexity index is 648. The maximum absolute atomic E-state index is 13.8. The topological polar surface area (TPSA) is 12.0 Å². The smallest absolute Gasteiger partial charge is 0.137 e. The third-order valence-corrected chi connectivity index (χ3v) is 5.18. The Morgan fingerprint density at radius 3 is 2.80 bits per heavy atom. The second-order valence-electron chi connectivity index (χ2n) is 4.62. The van der Waals surface area contributed by atoms with Crippen LogP contribution in [-0.4, -0.2) is 5.75 Å². The fraction of sp³-hybridized carbons (Fsp3) is 0.200. The standard InChI is InChI=1S/C15H12Cl2FNS/c16-11-5-4-9(8-12(11)17)19-14-6-7-20-15-10(14)2-1-3-13(15)18/h1-5,8,14,19H,6-7H2. The van der Waals surface area contributed by atoms with Crippen molar-refractivity contribution in [1.82, 2.24) is 0 Å². The molecular weight excluding hydrogens is 316 g/mol. The van der Waals surface area contributed by atoms with Crippen LogP contribution in [0.3, 0.4) is 0 Å². The zero-order chi connectivity index (χ0) is 14.1. The van der Waals surface area contributed by atoms with Gasteiger partial charge in [0.25, 0.3) is 0 Å². The Morgan fingerprint density at radius 2 is 2.00 bits per heavy atom. The van der Waals surface area contributed by atoms with Crippen LogP contribution in [0.5, 0.6) is 0 Å². The Balaban J connectivity index is 1.89. The molecule has 104 valence electrons. The molecule has 0 fully saturated rings. The van der Waals surface area contributed by atoms with Crippen LogP contribution >= 0.6 is 35.0 Å². The monoisotopic (exact) mass is 327 g/mol. The van der Waals surface area contributed by atoms with E-state index >= 15 is 0 Å². The molecule has 1 nitrogen and oxygen atoms in total. The van der Waals surface area contributed by atoms with Gasteiger partial charge in [-0.25, -0.2) is 4.39 Å². The van der Waals surface area contributed by atoms with Gasteiger partial charge in [0.15, 0.2) is 0 Å².